The largest absolute Gasteiger partial charge is 0.479 e. The number of carbonyl (C=O) groups excluding carboxylic acids is 2. The average molecular weight is 318 g/mol. The van der Waals surface area contributed by atoms with Crippen LogP contribution in [0.25, 0.3) is 0 Å². The standard InChI is InChI=1S/C16H12F2N2O3/c1-8-15(21)20-13-7-12(2-3-14(13)23-8)19-16(22)9-4-10(17)6-11(18)5-9/h2-8H,1H3,(H,19,22)(H,20,21)/t8-/m1/s1. The van der Waals surface area contributed by atoms with Gasteiger partial charge in [0.1, 0.15) is 17.4 Å². The zero-order chi connectivity index (χ0) is 16.6. The summed E-state index contributed by atoms with van der Waals surface area (Å²) in [7, 11) is 0. The van der Waals surface area contributed by atoms with Crippen molar-refractivity contribution in [1.29, 1.82) is 0 Å². The van der Waals surface area contributed by atoms with Crippen molar-refractivity contribution in [2.24, 2.45) is 0 Å². The first kappa shape index (κ1) is 15.0. The van der Waals surface area contributed by atoms with Crippen LogP contribution in [0.1, 0.15) is 17.3 Å². The topological polar surface area (TPSA) is 67.4 Å². The molecule has 2 aromatic rings. The van der Waals surface area contributed by atoms with E-state index in [4.69, 9.17) is 4.74 Å². The number of nitrogens with one attached hydrogen (secondary N) is 2. The Balaban J connectivity index is 1.82. The van der Waals surface area contributed by atoms with Crippen LogP contribution in [0.15, 0.2) is 36.4 Å². The molecule has 7 heteroatoms. The van der Waals surface area contributed by atoms with E-state index in [0.717, 1.165) is 12.1 Å². The van der Waals surface area contributed by atoms with Gasteiger partial charge in [-0.25, -0.2) is 8.78 Å². The number of carbonyl (C=O) groups is 2. The highest BCUT2D eigenvalue weighted by Crippen LogP contribution is 2.32. The van der Waals surface area contributed by atoms with Gasteiger partial charge in [0.25, 0.3) is 11.8 Å². The minimum absolute atomic E-state index is 0.144. The average Bonchev–Trinajstić information content (AvgIpc) is 2.47. The Labute approximate surface area is 130 Å². The molecule has 2 N–H and O–H groups in total. The fraction of sp³-hybridized carbons (Fsp3) is 0.125. The van der Waals surface area contributed by atoms with Gasteiger partial charge in [-0.15, -0.1) is 0 Å². The molecule has 1 heterocycles. The molecule has 0 aromatic heterocycles. The molecule has 0 saturated carbocycles. The Morgan fingerprint density at radius 1 is 1.17 bits per heavy atom. The van der Waals surface area contributed by atoms with Gasteiger partial charge in [-0.05, 0) is 37.3 Å². The second-order valence-corrected chi connectivity index (χ2v) is 5.07. The molecule has 5 nitrogen and oxygen atoms in total. The van der Waals surface area contributed by atoms with E-state index in [1.54, 1.807) is 19.1 Å². The monoisotopic (exact) mass is 318 g/mol. The van der Waals surface area contributed by atoms with Gasteiger partial charge in [-0.2, -0.15) is 0 Å². The Bertz CT molecular complexity index is 788. The van der Waals surface area contributed by atoms with Gasteiger partial charge >= 0.3 is 0 Å². The quantitative estimate of drug-likeness (QED) is 0.894. The fourth-order valence-corrected chi connectivity index (χ4v) is 2.17. The van der Waals surface area contributed by atoms with E-state index in [1.165, 1.54) is 6.07 Å². The van der Waals surface area contributed by atoms with E-state index in [-0.39, 0.29) is 11.5 Å². The molecular weight excluding hydrogens is 306 g/mol. The lowest BCUT2D eigenvalue weighted by atomic mass is 10.1. The molecule has 1 atom stereocenters. The van der Waals surface area contributed by atoms with Crippen molar-refractivity contribution in [1.82, 2.24) is 0 Å². The summed E-state index contributed by atoms with van der Waals surface area (Å²) >= 11 is 0. The third-order valence-electron chi connectivity index (χ3n) is 3.29. The van der Waals surface area contributed by atoms with Crippen LogP contribution in [0.5, 0.6) is 5.75 Å². The number of amides is 2. The second kappa shape index (κ2) is 5.68. The summed E-state index contributed by atoms with van der Waals surface area (Å²) < 4.78 is 31.7. The first-order valence-electron chi connectivity index (χ1n) is 6.81. The molecule has 0 fully saturated rings. The number of hydrogen-bond donors (Lipinski definition) is 2. The van der Waals surface area contributed by atoms with Gasteiger partial charge in [-0.1, -0.05) is 0 Å². The van der Waals surface area contributed by atoms with Gasteiger partial charge in [0.15, 0.2) is 6.10 Å². The number of hydrogen-bond acceptors (Lipinski definition) is 3. The maximum absolute atomic E-state index is 13.1. The van der Waals surface area contributed by atoms with Crippen LogP contribution in [0.4, 0.5) is 20.2 Å². The van der Waals surface area contributed by atoms with E-state index in [9.17, 15) is 18.4 Å². The molecule has 23 heavy (non-hydrogen) atoms. The fourth-order valence-electron chi connectivity index (χ4n) is 2.17. The van der Waals surface area contributed by atoms with Crippen LogP contribution in [-0.2, 0) is 4.79 Å². The summed E-state index contributed by atoms with van der Waals surface area (Å²) in [4.78, 5) is 23.6. The first-order chi connectivity index (χ1) is 10.9. The van der Waals surface area contributed by atoms with Gasteiger partial charge < -0.3 is 15.4 Å². The molecule has 1 aliphatic heterocycles. The van der Waals surface area contributed by atoms with Crippen LogP contribution in [0.2, 0.25) is 0 Å². The van der Waals surface area contributed by atoms with E-state index in [0.29, 0.717) is 23.2 Å². The Morgan fingerprint density at radius 3 is 2.57 bits per heavy atom. The number of halogens is 2. The summed E-state index contributed by atoms with van der Waals surface area (Å²) in [6, 6.07) is 7.22. The van der Waals surface area contributed by atoms with Crippen molar-refractivity contribution >= 4 is 23.2 Å². The number of ether oxygens (including phenoxy) is 1. The highest BCUT2D eigenvalue weighted by molar-refractivity contribution is 6.05. The van der Waals surface area contributed by atoms with Crippen molar-refractivity contribution in [2.45, 2.75) is 13.0 Å². The summed E-state index contributed by atoms with van der Waals surface area (Å²) in [6.07, 6.45) is -0.599. The normalized spacial score (nSPS) is 16.1. The molecule has 0 bridgehead atoms. The van der Waals surface area contributed by atoms with Crippen molar-refractivity contribution in [3.63, 3.8) is 0 Å². The van der Waals surface area contributed by atoms with E-state index in [2.05, 4.69) is 10.6 Å². The Hall–Kier alpha value is -2.96. The third-order valence-corrected chi connectivity index (χ3v) is 3.29. The molecule has 0 saturated heterocycles. The maximum atomic E-state index is 13.1. The highest BCUT2D eigenvalue weighted by Gasteiger charge is 2.23. The van der Waals surface area contributed by atoms with Gasteiger partial charge in [-0.3, -0.25) is 9.59 Å². The Morgan fingerprint density at radius 2 is 1.87 bits per heavy atom. The Kier molecular flexibility index (Phi) is 3.69. The number of fused-ring (bicyclic) bond motifs is 1. The number of benzene rings is 2. The third kappa shape index (κ3) is 3.13. The molecule has 2 aromatic carbocycles. The molecule has 0 aliphatic carbocycles. The van der Waals surface area contributed by atoms with Crippen molar-refractivity contribution in [2.75, 3.05) is 10.6 Å². The second-order valence-electron chi connectivity index (χ2n) is 5.07. The van der Waals surface area contributed by atoms with E-state index >= 15 is 0 Å². The zero-order valence-corrected chi connectivity index (χ0v) is 12.0. The van der Waals surface area contributed by atoms with Crippen molar-refractivity contribution in [3.05, 3.63) is 53.6 Å². The molecule has 0 spiro atoms. The predicted molar refractivity (Wildman–Crippen MR) is 79.5 cm³/mol. The van der Waals surface area contributed by atoms with Crippen LogP contribution in [0, 0.1) is 11.6 Å². The molecule has 0 unspecified atom stereocenters. The molecule has 3 rings (SSSR count). The van der Waals surface area contributed by atoms with Gasteiger partial charge in [0.2, 0.25) is 0 Å². The number of anilines is 2. The molecule has 1 aliphatic rings. The summed E-state index contributed by atoms with van der Waals surface area (Å²) in [5.41, 5.74) is 0.627. The maximum Gasteiger partial charge on any atom is 0.265 e. The van der Waals surface area contributed by atoms with Gasteiger partial charge in [0.05, 0.1) is 5.69 Å². The summed E-state index contributed by atoms with van der Waals surface area (Å²) in [6.45, 7) is 1.62. The van der Waals surface area contributed by atoms with Crippen LogP contribution < -0.4 is 15.4 Å². The molecule has 0 radical (unpaired) electrons. The lowest BCUT2D eigenvalue weighted by Crippen LogP contribution is -2.34. The molecule has 118 valence electrons. The van der Waals surface area contributed by atoms with Crippen molar-refractivity contribution in [3.8, 4) is 5.75 Å². The minimum atomic E-state index is -0.838. The lowest BCUT2D eigenvalue weighted by Gasteiger charge is -2.23. The highest BCUT2D eigenvalue weighted by atomic mass is 19.1. The first-order valence-corrected chi connectivity index (χ1v) is 6.81. The summed E-state index contributed by atoms with van der Waals surface area (Å²) in [5, 5.41) is 5.16. The SMILES string of the molecule is C[C@H]1Oc2ccc(NC(=O)c3cc(F)cc(F)c3)cc2NC1=O. The van der Waals surface area contributed by atoms with Crippen LogP contribution in [0.3, 0.4) is 0 Å². The predicted octanol–water partition coefficient (Wildman–Crippen LogP) is 2.94. The molecular formula is C16H12F2N2O3. The molecule has 2 amide bonds. The van der Waals surface area contributed by atoms with Crippen LogP contribution in [-0.4, -0.2) is 17.9 Å². The number of rotatable bonds is 2. The van der Waals surface area contributed by atoms with Crippen molar-refractivity contribution < 1.29 is 23.1 Å². The minimum Gasteiger partial charge on any atom is -0.479 e. The summed E-state index contributed by atoms with van der Waals surface area (Å²) in [5.74, 6) is -2.16. The van der Waals surface area contributed by atoms with E-state index < -0.39 is 23.6 Å². The zero-order valence-electron chi connectivity index (χ0n) is 12.0. The smallest absolute Gasteiger partial charge is 0.265 e. The van der Waals surface area contributed by atoms with E-state index in [1.807, 2.05) is 0 Å². The van der Waals surface area contributed by atoms with Gasteiger partial charge in [0, 0.05) is 17.3 Å². The van der Waals surface area contributed by atoms with Crippen LogP contribution >= 0.6 is 0 Å². The lowest BCUT2D eigenvalue weighted by molar-refractivity contribution is -0.122.